The van der Waals surface area contributed by atoms with Gasteiger partial charge in [0.1, 0.15) is 0 Å². The van der Waals surface area contributed by atoms with Crippen molar-refractivity contribution < 1.29 is 9.59 Å². The molecule has 6 nitrogen and oxygen atoms in total. The fraction of sp³-hybridized carbons (Fsp3) is 0.600. The summed E-state index contributed by atoms with van der Waals surface area (Å²) in [7, 11) is 1.69. The summed E-state index contributed by atoms with van der Waals surface area (Å²) >= 11 is 0. The maximum atomic E-state index is 12.9. The van der Waals surface area contributed by atoms with Gasteiger partial charge in [0.15, 0.2) is 0 Å². The molecule has 2 saturated heterocycles. The Labute approximate surface area is 156 Å². The number of benzene rings is 1. The average molecular weight is 358 g/mol. The highest BCUT2D eigenvalue weighted by atomic mass is 16.2. The minimum Gasteiger partial charge on any atom is -0.368 e. The van der Waals surface area contributed by atoms with Gasteiger partial charge in [0.2, 0.25) is 11.8 Å². The van der Waals surface area contributed by atoms with Crippen LogP contribution in [0.15, 0.2) is 30.3 Å². The minimum absolute atomic E-state index is 0.0907. The van der Waals surface area contributed by atoms with Crippen molar-refractivity contribution in [2.75, 3.05) is 51.2 Å². The van der Waals surface area contributed by atoms with Gasteiger partial charge in [-0.1, -0.05) is 18.2 Å². The lowest BCUT2D eigenvalue weighted by molar-refractivity contribution is -0.137. The molecular weight excluding hydrogens is 328 g/mol. The van der Waals surface area contributed by atoms with Crippen LogP contribution < -0.4 is 10.2 Å². The van der Waals surface area contributed by atoms with E-state index in [1.807, 2.05) is 17.9 Å². The zero-order valence-electron chi connectivity index (χ0n) is 15.9. The van der Waals surface area contributed by atoms with E-state index in [0.717, 1.165) is 52.1 Å². The maximum Gasteiger partial charge on any atom is 0.239 e. The van der Waals surface area contributed by atoms with Gasteiger partial charge in [0.25, 0.3) is 0 Å². The van der Waals surface area contributed by atoms with E-state index >= 15 is 0 Å². The monoisotopic (exact) mass is 358 g/mol. The van der Waals surface area contributed by atoms with Crippen molar-refractivity contribution in [3.05, 3.63) is 30.3 Å². The molecule has 1 atom stereocenters. The molecule has 2 aliphatic heterocycles. The molecule has 2 aliphatic rings. The van der Waals surface area contributed by atoms with E-state index in [1.54, 1.807) is 7.05 Å². The standard InChI is InChI=1S/C20H30N4O2/c1-16(22-10-8-17(9-11-22)19(25)21-2)20(26)24-14-12-23(13-15-24)18-6-4-3-5-7-18/h3-7,16-17H,8-15H2,1-2H3,(H,21,25). The van der Waals surface area contributed by atoms with Gasteiger partial charge in [0, 0.05) is 44.8 Å². The number of piperazine rings is 1. The van der Waals surface area contributed by atoms with E-state index in [-0.39, 0.29) is 23.8 Å². The lowest BCUT2D eigenvalue weighted by Crippen LogP contribution is -2.55. The van der Waals surface area contributed by atoms with Crippen LogP contribution in [0.2, 0.25) is 0 Å². The number of hydrogen-bond donors (Lipinski definition) is 1. The van der Waals surface area contributed by atoms with Gasteiger partial charge in [0.05, 0.1) is 6.04 Å². The first kappa shape index (κ1) is 18.7. The molecule has 26 heavy (non-hydrogen) atoms. The van der Waals surface area contributed by atoms with E-state index in [9.17, 15) is 9.59 Å². The fourth-order valence-corrected chi connectivity index (χ4v) is 4.00. The summed E-state index contributed by atoms with van der Waals surface area (Å²) < 4.78 is 0. The molecule has 0 saturated carbocycles. The molecule has 0 spiro atoms. The molecule has 1 aromatic carbocycles. The smallest absolute Gasteiger partial charge is 0.239 e. The largest absolute Gasteiger partial charge is 0.368 e. The lowest BCUT2D eigenvalue weighted by atomic mass is 9.95. The van der Waals surface area contributed by atoms with Gasteiger partial charge in [-0.15, -0.1) is 0 Å². The second-order valence-electron chi connectivity index (χ2n) is 7.25. The number of anilines is 1. The summed E-state index contributed by atoms with van der Waals surface area (Å²) in [6, 6.07) is 10.3. The van der Waals surface area contributed by atoms with Crippen LogP contribution in [0.3, 0.4) is 0 Å². The minimum atomic E-state index is -0.107. The molecule has 0 aliphatic carbocycles. The van der Waals surface area contributed by atoms with Crippen LogP contribution in [0, 0.1) is 5.92 Å². The normalized spacial score (nSPS) is 20.7. The third-order valence-electron chi connectivity index (χ3n) is 5.76. The predicted molar refractivity (Wildman–Crippen MR) is 103 cm³/mol. The van der Waals surface area contributed by atoms with Crippen molar-refractivity contribution >= 4 is 17.5 Å². The predicted octanol–water partition coefficient (Wildman–Crippen LogP) is 1.18. The molecule has 1 N–H and O–H groups in total. The van der Waals surface area contributed by atoms with Crippen LogP contribution >= 0.6 is 0 Å². The summed E-state index contributed by atoms with van der Waals surface area (Å²) in [4.78, 5) is 31.2. The molecule has 142 valence electrons. The van der Waals surface area contributed by atoms with E-state index < -0.39 is 0 Å². The van der Waals surface area contributed by atoms with Crippen LogP contribution in [-0.4, -0.2) is 74.0 Å². The zero-order valence-corrected chi connectivity index (χ0v) is 15.9. The molecule has 1 unspecified atom stereocenters. The van der Waals surface area contributed by atoms with Gasteiger partial charge >= 0.3 is 0 Å². The van der Waals surface area contributed by atoms with Crippen LogP contribution in [-0.2, 0) is 9.59 Å². The summed E-state index contributed by atoms with van der Waals surface area (Å²) in [5.41, 5.74) is 1.23. The Morgan fingerprint density at radius 1 is 1.00 bits per heavy atom. The van der Waals surface area contributed by atoms with E-state index in [0.29, 0.717) is 0 Å². The molecule has 3 rings (SSSR count). The Morgan fingerprint density at radius 2 is 1.62 bits per heavy atom. The number of rotatable bonds is 4. The fourth-order valence-electron chi connectivity index (χ4n) is 4.00. The number of nitrogens with zero attached hydrogens (tertiary/aromatic N) is 3. The quantitative estimate of drug-likeness (QED) is 0.878. The van der Waals surface area contributed by atoms with Crippen molar-refractivity contribution in [2.24, 2.45) is 5.92 Å². The number of carbonyl (C=O) groups is 2. The average Bonchev–Trinajstić information content (AvgIpc) is 2.73. The molecule has 0 aromatic heterocycles. The second kappa shape index (κ2) is 8.54. The lowest BCUT2D eigenvalue weighted by Gasteiger charge is -2.40. The number of para-hydroxylation sites is 1. The van der Waals surface area contributed by atoms with Crippen LogP contribution in [0.5, 0.6) is 0 Å². The van der Waals surface area contributed by atoms with Crippen molar-refractivity contribution in [3.8, 4) is 0 Å². The van der Waals surface area contributed by atoms with Crippen molar-refractivity contribution in [3.63, 3.8) is 0 Å². The molecule has 6 heteroatoms. The van der Waals surface area contributed by atoms with E-state index in [1.165, 1.54) is 5.69 Å². The first-order valence-electron chi connectivity index (χ1n) is 9.64. The number of hydrogen-bond acceptors (Lipinski definition) is 4. The highest BCUT2D eigenvalue weighted by Crippen LogP contribution is 2.21. The highest BCUT2D eigenvalue weighted by molar-refractivity contribution is 5.82. The number of carbonyl (C=O) groups excluding carboxylic acids is 2. The summed E-state index contributed by atoms with van der Waals surface area (Å²) in [6.07, 6.45) is 1.66. The Hall–Kier alpha value is -2.08. The molecule has 1 aromatic rings. The third kappa shape index (κ3) is 4.18. The number of amides is 2. The van der Waals surface area contributed by atoms with Crippen molar-refractivity contribution in [2.45, 2.75) is 25.8 Å². The Balaban J connectivity index is 1.48. The first-order valence-corrected chi connectivity index (χ1v) is 9.64. The molecule has 0 bridgehead atoms. The molecule has 2 fully saturated rings. The number of nitrogens with one attached hydrogen (secondary N) is 1. The van der Waals surface area contributed by atoms with Crippen molar-refractivity contribution in [1.29, 1.82) is 0 Å². The molecular formula is C20H30N4O2. The Bertz CT molecular complexity index is 605. The Kier molecular flexibility index (Phi) is 6.14. The van der Waals surface area contributed by atoms with Gasteiger partial charge in [-0.3, -0.25) is 14.5 Å². The highest BCUT2D eigenvalue weighted by Gasteiger charge is 2.32. The summed E-state index contributed by atoms with van der Waals surface area (Å²) in [6.45, 7) is 6.93. The van der Waals surface area contributed by atoms with Crippen LogP contribution in [0.25, 0.3) is 0 Å². The maximum absolute atomic E-state index is 12.9. The molecule has 2 heterocycles. The van der Waals surface area contributed by atoms with Gasteiger partial charge < -0.3 is 15.1 Å². The first-order chi connectivity index (χ1) is 12.6. The topological polar surface area (TPSA) is 55.9 Å². The SMILES string of the molecule is CNC(=O)C1CCN(C(C)C(=O)N2CCN(c3ccccc3)CC2)CC1. The van der Waals surface area contributed by atoms with Crippen LogP contribution in [0.1, 0.15) is 19.8 Å². The van der Waals surface area contributed by atoms with E-state index in [2.05, 4.69) is 39.4 Å². The third-order valence-corrected chi connectivity index (χ3v) is 5.76. The van der Waals surface area contributed by atoms with Crippen molar-refractivity contribution in [1.82, 2.24) is 15.1 Å². The number of piperidine rings is 1. The zero-order chi connectivity index (χ0) is 18.5. The van der Waals surface area contributed by atoms with Gasteiger partial charge in [-0.2, -0.15) is 0 Å². The molecule has 2 amide bonds. The summed E-state index contributed by atoms with van der Waals surface area (Å²) in [5, 5.41) is 2.73. The Morgan fingerprint density at radius 3 is 2.19 bits per heavy atom. The van der Waals surface area contributed by atoms with Gasteiger partial charge in [-0.25, -0.2) is 0 Å². The van der Waals surface area contributed by atoms with Gasteiger partial charge in [-0.05, 0) is 45.0 Å². The van der Waals surface area contributed by atoms with Crippen LogP contribution in [0.4, 0.5) is 5.69 Å². The second-order valence-corrected chi connectivity index (χ2v) is 7.25. The summed E-state index contributed by atoms with van der Waals surface area (Å²) in [5.74, 6) is 0.435. The molecule has 0 radical (unpaired) electrons. The number of likely N-dealkylation sites (tertiary alicyclic amines) is 1. The van der Waals surface area contributed by atoms with E-state index in [4.69, 9.17) is 0 Å².